The van der Waals surface area contributed by atoms with Crippen LogP contribution in [0.15, 0.2) is 0 Å². The van der Waals surface area contributed by atoms with Crippen molar-refractivity contribution < 1.29 is 9.90 Å². The topological polar surface area (TPSA) is 64.6 Å². The van der Waals surface area contributed by atoms with Gasteiger partial charge in [0, 0.05) is 7.05 Å². The van der Waals surface area contributed by atoms with Crippen molar-refractivity contribution in [2.45, 2.75) is 38.7 Å². The molecule has 15 heavy (non-hydrogen) atoms. The predicted octanol–water partition coefficient (Wildman–Crippen LogP) is -0.0800. The van der Waals surface area contributed by atoms with E-state index in [9.17, 15) is 9.90 Å². The Labute approximate surface area is 89.8 Å². The van der Waals surface area contributed by atoms with E-state index in [-0.39, 0.29) is 18.2 Å². The van der Waals surface area contributed by atoms with Crippen molar-refractivity contribution in [3.63, 3.8) is 0 Å². The van der Waals surface area contributed by atoms with Crippen LogP contribution < -0.4 is 10.6 Å². The highest BCUT2D eigenvalue weighted by Crippen LogP contribution is 2.31. The zero-order valence-corrected chi connectivity index (χ0v) is 9.40. The third kappa shape index (κ3) is 1.70. The summed E-state index contributed by atoms with van der Waals surface area (Å²) in [6.07, 6.45) is 0.0853. The van der Waals surface area contributed by atoms with Crippen molar-refractivity contribution in [2.24, 2.45) is 11.8 Å². The second-order valence-corrected chi connectivity index (χ2v) is 4.85. The average molecular weight is 213 g/mol. The zero-order valence-electron chi connectivity index (χ0n) is 9.40. The van der Waals surface area contributed by atoms with Crippen molar-refractivity contribution in [2.75, 3.05) is 7.05 Å². The lowest BCUT2D eigenvalue weighted by Gasteiger charge is -2.40. The molecule has 0 aliphatic carbocycles. The molecule has 0 radical (unpaired) electrons. The van der Waals surface area contributed by atoms with E-state index in [1.165, 1.54) is 0 Å². The lowest BCUT2D eigenvalue weighted by atomic mass is 9.81. The van der Waals surface area contributed by atoms with Gasteiger partial charge in [-0.25, -0.2) is 4.79 Å². The van der Waals surface area contributed by atoms with E-state index < -0.39 is 6.23 Å². The molecule has 2 rings (SSSR count). The normalized spacial score (nSPS) is 40.6. The number of fused-ring (bicyclic) bond motifs is 1. The summed E-state index contributed by atoms with van der Waals surface area (Å²) in [6, 6.07) is 0.0955. The van der Waals surface area contributed by atoms with Gasteiger partial charge in [0.2, 0.25) is 0 Å². The fraction of sp³-hybridized carbons (Fsp3) is 0.900. The summed E-state index contributed by atoms with van der Waals surface area (Å²) < 4.78 is 0. The van der Waals surface area contributed by atoms with Gasteiger partial charge >= 0.3 is 6.03 Å². The maximum absolute atomic E-state index is 11.5. The fourth-order valence-electron chi connectivity index (χ4n) is 2.69. The number of likely N-dealkylation sites (N-methyl/N-ethyl adjacent to an activating group) is 1. The monoisotopic (exact) mass is 213 g/mol. The van der Waals surface area contributed by atoms with Gasteiger partial charge < -0.3 is 15.3 Å². The fourth-order valence-corrected chi connectivity index (χ4v) is 2.69. The standard InChI is InChI=1S/C10H19N3O2/c1-5(2)6-4-7(14)11-9-8(6)13(3)10(15)12-9/h5-9,11,14H,4H2,1-3H3,(H,12,15)/t6?,7?,8-,9-/m1/s1. The number of rotatable bonds is 1. The number of aliphatic hydroxyl groups is 1. The first-order valence-corrected chi connectivity index (χ1v) is 5.48. The maximum Gasteiger partial charge on any atom is 0.318 e. The van der Waals surface area contributed by atoms with Gasteiger partial charge in [-0.3, -0.25) is 5.32 Å². The first-order chi connectivity index (χ1) is 7.00. The Kier molecular flexibility index (Phi) is 2.60. The minimum absolute atomic E-state index is 0.0581. The van der Waals surface area contributed by atoms with Crippen molar-refractivity contribution in [3.05, 3.63) is 0 Å². The molecule has 2 unspecified atom stereocenters. The number of nitrogens with zero attached hydrogens (tertiary/aromatic N) is 1. The van der Waals surface area contributed by atoms with Crippen LogP contribution in [0.3, 0.4) is 0 Å². The summed E-state index contributed by atoms with van der Waals surface area (Å²) in [6.45, 7) is 4.27. The molecular weight excluding hydrogens is 194 g/mol. The molecule has 0 aromatic heterocycles. The predicted molar refractivity (Wildman–Crippen MR) is 56.0 cm³/mol. The molecule has 2 saturated heterocycles. The Balaban J connectivity index is 2.21. The van der Waals surface area contributed by atoms with E-state index in [1.54, 1.807) is 4.90 Å². The minimum Gasteiger partial charge on any atom is -0.379 e. The van der Waals surface area contributed by atoms with Gasteiger partial charge in [0.05, 0.1) is 6.04 Å². The summed E-state index contributed by atoms with van der Waals surface area (Å²) in [5, 5.41) is 15.5. The third-order valence-electron chi connectivity index (χ3n) is 3.55. The van der Waals surface area contributed by atoms with Crippen LogP contribution in [0.2, 0.25) is 0 Å². The molecule has 86 valence electrons. The number of nitrogens with one attached hydrogen (secondary N) is 2. The van der Waals surface area contributed by atoms with Crippen LogP contribution in [-0.4, -0.2) is 41.5 Å². The molecular formula is C10H19N3O2. The lowest BCUT2D eigenvalue weighted by molar-refractivity contribution is 0.0108. The van der Waals surface area contributed by atoms with E-state index in [0.29, 0.717) is 18.3 Å². The van der Waals surface area contributed by atoms with Crippen molar-refractivity contribution in [1.82, 2.24) is 15.5 Å². The smallest absolute Gasteiger partial charge is 0.318 e. The van der Waals surface area contributed by atoms with Crippen LogP contribution in [0, 0.1) is 11.8 Å². The molecule has 2 heterocycles. The average Bonchev–Trinajstić information content (AvgIpc) is 2.41. The van der Waals surface area contributed by atoms with Crippen LogP contribution in [0.5, 0.6) is 0 Å². The quantitative estimate of drug-likeness (QED) is 0.571. The summed E-state index contributed by atoms with van der Waals surface area (Å²) >= 11 is 0. The van der Waals surface area contributed by atoms with E-state index >= 15 is 0 Å². The number of carbonyl (C=O) groups excluding carboxylic acids is 1. The number of amides is 2. The van der Waals surface area contributed by atoms with Gasteiger partial charge in [0.25, 0.3) is 0 Å². The Morgan fingerprint density at radius 3 is 2.80 bits per heavy atom. The van der Waals surface area contributed by atoms with Crippen molar-refractivity contribution in [3.8, 4) is 0 Å². The number of hydrogen-bond donors (Lipinski definition) is 3. The molecule has 0 spiro atoms. The van der Waals surface area contributed by atoms with Crippen molar-refractivity contribution >= 4 is 6.03 Å². The van der Waals surface area contributed by atoms with Gasteiger partial charge in [0.15, 0.2) is 0 Å². The van der Waals surface area contributed by atoms with Gasteiger partial charge in [0.1, 0.15) is 12.4 Å². The Hall–Kier alpha value is -0.810. The SMILES string of the molecule is CC(C)C1CC(O)N[C@@H]2NC(=O)N(C)[C@H]12. The Morgan fingerprint density at radius 2 is 2.20 bits per heavy atom. The third-order valence-corrected chi connectivity index (χ3v) is 3.55. The summed E-state index contributed by atoms with van der Waals surface area (Å²) in [4.78, 5) is 13.3. The lowest BCUT2D eigenvalue weighted by Crippen LogP contribution is -2.59. The molecule has 2 fully saturated rings. The number of carbonyl (C=O) groups is 1. The van der Waals surface area contributed by atoms with E-state index in [1.807, 2.05) is 7.05 Å². The molecule has 4 atom stereocenters. The molecule has 2 amide bonds. The molecule has 0 bridgehead atoms. The van der Waals surface area contributed by atoms with Gasteiger partial charge in [-0.1, -0.05) is 13.8 Å². The zero-order chi connectivity index (χ0) is 11.2. The highest BCUT2D eigenvalue weighted by atomic mass is 16.3. The Bertz CT molecular complexity index is 269. The van der Waals surface area contributed by atoms with Crippen molar-refractivity contribution in [1.29, 1.82) is 0 Å². The second kappa shape index (κ2) is 3.64. The largest absolute Gasteiger partial charge is 0.379 e. The Morgan fingerprint density at radius 1 is 1.53 bits per heavy atom. The van der Waals surface area contributed by atoms with Gasteiger partial charge in [-0.15, -0.1) is 0 Å². The molecule has 5 nitrogen and oxygen atoms in total. The number of piperidine rings is 1. The van der Waals surface area contributed by atoms with Crippen LogP contribution in [-0.2, 0) is 0 Å². The molecule has 0 aromatic carbocycles. The molecule has 0 saturated carbocycles. The molecule has 2 aliphatic rings. The molecule has 3 N–H and O–H groups in total. The maximum atomic E-state index is 11.5. The summed E-state index contributed by atoms with van der Waals surface area (Å²) in [5.74, 6) is 0.805. The van der Waals surface area contributed by atoms with Crippen LogP contribution in [0.1, 0.15) is 20.3 Å². The van der Waals surface area contributed by atoms with E-state index in [2.05, 4.69) is 24.5 Å². The van der Waals surface area contributed by atoms with Crippen LogP contribution >= 0.6 is 0 Å². The first-order valence-electron chi connectivity index (χ1n) is 5.48. The number of hydrogen-bond acceptors (Lipinski definition) is 3. The van der Waals surface area contributed by atoms with Gasteiger partial charge in [-0.05, 0) is 18.3 Å². The number of aliphatic hydroxyl groups excluding tert-OH is 1. The number of urea groups is 1. The van der Waals surface area contributed by atoms with Crippen LogP contribution in [0.4, 0.5) is 4.79 Å². The highest BCUT2D eigenvalue weighted by Gasteiger charge is 2.47. The minimum atomic E-state index is -0.509. The van der Waals surface area contributed by atoms with E-state index in [0.717, 1.165) is 0 Å². The van der Waals surface area contributed by atoms with Gasteiger partial charge in [-0.2, -0.15) is 0 Å². The van der Waals surface area contributed by atoms with Crippen LogP contribution in [0.25, 0.3) is 0 Å². The highest BCUT2D eigenvalue weighted by molar-refractivity contribution is 5.77. The van der Waals surface area contributed by atoms with E-state index in [4.69, 9.17) is 0 Å². The molecule has 5 heteroatoms. The molecule has 0 aromatic rings. The molecule has 2 aliphatic heterocycles. The summed E-state index contributed by atoms with van der Waals surface area (Å²) in [7, 11) is 1.81. The first kappa shape index (κ1) is 10.7. The summed E-state index contributed by atoms with van der Waals surface area (Å²) in [5.41, 5.74) is 0. The second-order valence-electron chi connectivity index (χ2n) is 4.85.